The highest BCUT2D eigenvalue weighted by atomic mass is 19.4. The van der Waals surface area contributed by atoms with Crippen molar-refractivity contribution >= 4 is 0 Å². The SMILES string of the molecule is C[C@@H]1C[C@H](CN(C)C(F)(F)F)[C@@H](C)N1C(C)(C)C. The maximum absolute atomic E-state index is 12.6. The first-order valence-corrected chi connectivity index (χ1v) is 6.51. The second kappa shape index (κ2) is 5.00. The van der Waals surface area contributed by atoms with Gasteiger partial charge in [0.05, 0.1) is 0 Å². The van der Waals surface area contributed by atoms with Crippen molar-refractivity contribution in [2.45, 2.75) is 65.0 Å². The van der Waals surface area contributed by atoms with Crippen LogP contribution in [0, 0.1) is 5.92 Å². The Hall–Kier alpha value is -0.290. The van der Waals surface area contributed by atoms with Gasteiger partial charge in [-0.1, -0.05) is 0 Å². The largest absolute Gasteiger partial charge is 0.459 e. The van der Waals surface area contributed by atoms with E-state index in [0.717, 1.165) is 13.5 Å². The van der Waals surface area contributed by atoms with Crippen molar-refractivity contribution in [2.24, 2.45) is 5.92 Å². The lowest BCUT2D eigenvalue weighted by Crippen LogP contribution is -2.49. The van der Waals surface area contributed by atoms with E-state index in [4.69, 9.17) is 0 Å². The van der Waals surface area contributed by atoms with Crippen molar-refractivity contribution in [3.63, 3.8) is 0 Å². The molecule has 18 heavy (non-hydrogen) atoms. The predicted molar refractivity (Wildman–Crippen MR) is 67.3 cm³/mol. The number of hydrogen-bond donors (Lipinski definition) is 0. The van der Waals surface area contributed by atoms with E-state index in [2.05, 4.69) is 32.6 Å². The van der Waals surface area contributed by atoms with Crippen LogP contribution in [0.3, 0.4) is 0 Å². The summed E-state index contributed by atoms with van der Waals surface area (Å²) in [5.74, 6) is 0.0749. The summed E-state index contributed by atoms with van der Waals surface area (Å²) in [5, 5.41) is 0. The number of rotatable bonds is 2. The van der Waals surface area contributed by atoms with Crippen LogP contribution < -0.4 is 0 Å². The van der Waals surface area contributed by atoms with Gasteiger partial charge in [0.2, 0.25) is 0 Å². The minimum atomic E-state index is -4.22. The Morgan fingerprint density at radius 2 is 1.67 bits per heavy atom. The second-order valence-corrected chi connectivity index (χ2v) is 6.51. The summed E-state index contributed by atoms with van der Waals surface area (Å²) in [4.78, 5) is 2.84. The molecule has 0 aliphatic carbocycles. The zero-order valence-electron chi connectivity index (χ0n) is 12.2. The van der Waals surface area contributed by atoms with Crippen LogP contribution in [-0.4, -0.2) is 47.3 Å². The van der Waals surface area contributed by atoms with Crippen LogP contribution in [0.25, 0.3) is 0 Å². The van der Waals surface area contributed by atoms with Gasteiger partial charge < -0.3 is 0 Å². The first-order chi connectivity index (χ1) is 7.94. The van der Waals surface area contributed by atoms with Crippen LogP contribution in [0.1, 0.15) is 41.0 Å². The van der Waals surface area contributed by atoms with Crippen molar-refractivity contribution in [2.75, 3.05) is 13.6 Å². The van der Waals surface area contributed by atoms with Crippen LogP contribution >= 0.6 is 0 Å². The maximum Gasteiger partial charge on any atom is 0.459 e. The highest BCUT2D eigenvalue weighted by Crippen LogP contribution is 2.36. The molecule has 0 bridgehead atoms. The summed E-state index contributed by atoms with van der Waals surface area (Å²) < 4.78 is 37.7. The predicted octanol–water partition coefficient (Wildman–Crippen LogP) is 3.34. The molecule has 0 aromatic carbocycles. The number of likely N-dealkylation sites (tertiary alicyclic amines) is 1. The molecule has 1 fully saturated rings. The van der Waals surface area contributed by atoms with Crippen LogP contribution in [0.5, 0.6) is 0 Å². The van der Waals surface area contributed by atoms with E-state index < -0.39 is 6.30 Å². The highest BCUT2D eigenvalue weighted by Gasteiger charge is 2.44. The van der Waals surface area contributed by atoms with Gasteiger partial charge >= 0.3 is 6.30 Å². The smallest absolute Gasteiger partial charge is 0.293 e. The Balaban J connectivity index is 2.72. The van der Waals surface area contributed by atoms with E-state index in [0.29, 0.717) is 10.9 Å². The summed E-state index contributed by atoms with van der Waals surface area (Å²) in [5.41, 5.74) is 0.00435. The minimum Gasteiger partial charge on any atom is -0.293 e. The first kappa shape index (κ1) is 15.8. The van der Waals surface area contributed by atoms with Crippen molar-refractivity contribution in [3.8, 4) is 0 Å². The van der Waals surface area contributed by atoms with Gasteiger partial charge in [0.15, 0.2) is 0 Å². The van der Waals surface area contributed by atoms with E-state index in [9.17, 15) is 13.2 Å². The zero-order valence-corrected chi connectivity index (χ0v) is 12.2. The van der Waals surface area contributed by atoms with E-state index in [1.54, 1.807) is 0 Å². The molecule has 5 heteroatoms. The summed E-state index contributed by atoms with van der Waals surface area (Å²) in [7, 11) is 1.14. The summed E-state index contributed by atoms with van der Waals surface area (Å²) in [6.45, 7) is 10.6. The molecule has 0 unspecified atom stereocenters. The molecule has 0 N–H and O–H groups in total. The molecular formula is C13H25F3N2. The summed E-state index contributed by atoms with van der Waals surface area (Å²) in [6.07, 6.45) is -3.39. The number of nitrogens with zero attached hydrogens (tertiary/aromatic N) is 2. The average Bonchev–Trinajstić information content (AvgIpc) is 2.38. The molecule has 0 radical (unpaired) electrons. The second-order valence-electron chi connectivity index (χ2n) is 6.51. The van der Waals surface area contributed by atoms with Gasteiger partial charge in [0.25, 0.3) is 0 Å². The standard InChI is InChI=1S/C13H25F3N2/c1-9-7-11(8-17(6)13(14,15)16)10(2)18(9)12(3,4)5/h9-11H,7-8H2,1-6H3/t9-,10-,11-/m1/s1. The van der Waals surface area contributed by atoms with Gasteiger partial charge in [-0.3, -0.25) is 4.90 Å². The Labute approximate surface area is 108 Å². The fourth-order valence-corrected chi connectivity index (χ4v) is 3.33. The van der Waals surface area contributed by atoms with Gasteiger partial charge in [-0.25, -0.2) is 4.90 Å². The van der Waals surface area contributed by atoms with Gasteiger partial charge in [-0.2, -0.15) is 13.2 Å². The lowest BCUT2D eigenvalue weighted by atomic mass is 9.99. The average molecular weight is 266 g/mol. The quantitative estimate of drug-likeness (QED) is 0.707. The molecule has 1 heterocycles. The molecular weight excluding hydrogens is 241 g/mol. The van der Waals surface area contributed by atoms with E-state index >= 15 is 0 Å². The molecule has 3 atom stereocenters. The highest BCUT2D eigenvalue weighted by molar-refractivity contribution is 4.96. The maximum atomic E-state index is 12.6. The molecule has 1 aliphatic heterocycles. The van der Waals surface area contributed by atoms with Gasteiger partial charge in [-0.05, 0) is 54.0 Å². The Morgan fingerprint density at radius 3 is 2.00 bits per heavy atom. The Bertz CT molecular complexity index is 283. The van der Waals surface area contributed by atoms with E-state index in [1.165, 1.54) is 0 Å². The Kier molecular flexibility index (Phi) is 4.38. The molecule has 2 nitrogen and oxygen atoms in total. The molecule has 1 saturated heterocycles. The van der Waals surface area contributed by atoms with E-state index in [1.807, 2.05) is 6.92 Å². The van der Waals surface area contributed by atoms with Crippen molar-refractivity contribution in [1.29, 1.82) is 0 Å². The first-order valence-electron chi connectivity index (χ1n) is 6.51. The molecule has 0 saturated carbocycles. The van der Waals surface area contributed by atoms with Crippen LogP contribution in [0.4, 0.5) is 13.2 Å². The fourth-order valence-electron chi connectivity index (χ4n) is 3.33. The number of hydrogen-bond acceptors (Lipinski definition) is 2. The number of alkyl halides is 3. The molecule has 0 spiro atoms. The number of halogens is 3. The molecule has 0 amide bonds. The molecule has 108 valence electrons. The third-order valence-corrected chi connectivity index (χ3v) is 3.96. The summed E-state index contributed by atoms with van der Waals surface area (Å²) in [6, 6.07) is 0.524. The van der Waals surface area contributed by atoms with Gasteiger partial charge in [0, 0.05) is 24.2 Å². The fraction of sp³-hybridized carbons (Fsp3) is 1.00. The monoisotopic (exact) mass is 266 g/mol. The van der Waals surface area contributed by atoms with Crippen LogP contribution in [-0.2, 0) is 0 Å². The normalized spacial score (nSPS) is 31.3. The van der Waals surface area contributed by atoms with E-state index in [-0.39, 0.29) is 24.0 Å². The third kappa shape index (κ3) is 3.38. The minimum absolute atomic E-state index is 0.00435. The molecule has 0 aromatic heterocycles. The topological polar surface area (TPSA) is 6.48 Å². The third-order valence-electron chi connectivity index (χ3n) is 3.96. The lowest BCUT2D eigenvalue weighted by Gasteiger charge is -2.40. The van der Waals surface area contributed by atoms with Crippen molar-refractivity contribution in [3.05, 3.63) is 0 Å². The lowest BCUT2D eigenvalue weighted by molar-refractivity contribution is -0.239. The summed E-state index contributed by atoms with van der Waals surface area (Å²) >= 11 is 0. The molecule has 0 aromatic rings. The van der Waals surface area contributed by atoms with Crippen molar-refractivity contribution in [1.82, 2.24) is 9.80 Å². The van der Waals surface area contributed by atoms with Crippen LogP contribution in [0.15, 0.2) is 0 Å². The molecule has 1 aliphatic rings. The van der Waals surface area contributed by atoms with Crippen molar-refractivity contribution < 1.29 is 13.2 Å². The van der Waals surface area contributed by atoms with Gasteiger partial charge in [0.1, 0.15) is 0 Å². The van der Waals surface area contributed by atoms with Gasteiger partial charge in [-0.15, -0.1) is 0 Å². The zero-order chi connectivity index (χ0) is 14.3. The molecule has 1 rings (SSSR count). The van der Waals surface area contributed by atoms with Crippen LogP contribution in [0.2, 0.25) is 0 Å². The Morgan fingerprint density at radius 1 is 1.17 bits per heavy atom.